The maximum absolute atomic E-state index is 13.8. The summed E-state index contributed by atoms with van der Waals surface area (Å²) >= 11 is 5.65. The Bertz CT molecular complexity index is 889. The van der Waals surface area contributed by atoms with Crippen LogP contribution in [0, 0.1) is 15.9 Å². The standard InChI is InChI=1S/C14H12ClFN2O5S/c1-23-14-4-2-3-12(16)10(14)8-17-24(21,22)9-5-6-11(15)13(7-9)18(19)20/h2-7,17H,8H2,1H3. The van der Waals surface area contributed by atoms with Crippen LogP contribution in [0.4, 0.5) is 10.1 Å². The molecule has 24 heavy (non-hydrogen) atoms. The van der Waals surface area contributed by atoms with Gasteiger partial charge in [0.15, 0.2) is 0 Å². The van der Waals surface area contributed by atoms with Gasteiger partial charge in [-0.05, 0) is 24.3 Å². The van der Waals surface area contributed by atoms with Crippen LogP contribution < -0.4 is 9.46 Å². The number of nitro benzene ring substituents is 1. The lowest BCUT2D eigenvalue weighted by Crippen LogP contribution is -2.24. The van der Waals surface area contributed by atoms with Crippen molar-refractivity contribution in [1.82, 2.24) is 4.72 Å². The molecule has 0 aliphatic carbocycles. The van der Waals surface area contributed by atoms with Gasteiger partial charge in [0, 0.05) is 18.2 Å². The molecule has 2 aromatic carbocycles. The second-order valence-electron chi connectivity index (χ2n) is 4.62. The van der Waals surface area contributed by atoms with Gasteiger partial charge in [0.25, 0.3) is 5.69 Å². The van der Waals surface area contributed by atoms with Crippen molar-refractivity contribution < 1.29 is 22.5 Å². The first-order valence-corrected chi connectivity index (χ1v) is 8.37. The lowest BCUT2D eigenvalue weighted by atomic mass is 10.2. The molecule has 1 N–H and O–H groups in total. The fraction of sp³-hybridized carbons (Fsp3) is 0.143. The molecule has 7 nitrogen and oxygen atoms in total. The van der Waals surface area contributed by atoms with Crippen molar-refractivity contribution in [2.75, 3.05) is 7.11 Å². The van der Waals surface area contributed by atoms with E-state index in [2.05, 4.69) is 4.72 Å². The van der Waals surface area contributed by atoms with Gasteiger partial charge in [0.05, 0.1) is 16.9 Å². The highest BCUT2D eigenvalue weighted by Crippen LogP contribution is 2.27. The Morgan fingerprint density at radius 1 is 1.33 bits per heavy atom. The molecule has 2 aromatic rings. The van der Waals surface area contributed by atoms with Gasteiger partial charge in [-0.2, -0.15) is 0 Å². The number of nitrogens with zero attached hydrogens (tertiary/aromatic N) is 1. The molecule has 128 valence electrons. The minimum absolute atomic E-state index is 0.0204. The molecule has 0 aliphatic heterocycles. The van der Waals surface area contributed by atoms with Crippen LogP contribution in [0.3, 0.4) is 0 Å². The van der Waals surface area contributed by atoms with E-state index in [4.69, 9.17) is 16.3 Å². The van der Waals surface area contributed by atoms with E-state index in [0.29, 0.717) is 0 Å². The average molecular weight is 375 g/mol. The van der Waals surface area contributed by atoms with E-state index in [1.54, 1.807) is 0 Å². The van der Waals surface area contributed by atoms with Crippen LogP contribution in [0.2, 0.25) is 5.02 Å². The molecule has 0 atom stereocenters. The van der Waals surface area contributed by atoms with Crippen molar-refractivity contribution in [3.05, 3.63) is 62.9 Å². The molecular weight excluding hydrogens is 363 g/mol. The van der Waals surface area contributed by atoms with Crippen molar-refractivity contribution in [2.24, 2.45) is 0 Å². The number of nitrogens with one attached hydrogen (secondary N) is 1. The van der Waals surface area contributed by atoms with E-state index in [9.17, 15) is 22.9 Å². The molecule has 0 unspecified atom stereocenters. The molecule has 0 radical (unpaired) electrons. The number of nitro groups is 1. The minimum atomic E-state index is -4.11. The summed E-state index contributed by atoms with van der Waals surface area (Å²) < 4.78 is 45.5. The summed E-state index contributed by atoms with van der Waals surface area (Å²) in [5.74, 6) is -0.459. The van der Waals surface area contributed by atoms with Crippen molar-refractivity contribution in [2.45, 2.75) is 11.4 Å². The normalized spacial score (nSPS) is 11.3. The van der Waals surface area contributed by atoms with Gasteiger partial charge in [-0.1, -0.05) is 17.7 Å². The molecule has 0 aromatic heterocycles. The van der Waals surface area contributed by atoms with Gasteiger partial charge >= 0.3 is 0 Å². The second-order valence-corrected chi connectivity index (χ2v) is 6.79. The Balaban J connectivity index is 2.30. The smallest absolute Gasteiger partial charge is 0.289 e. The van der Waals surface area contributed by atoms with Crippen LogP contribution in [-0.2, 0) is 16.6 Å². The SMILES string of the molecule is COc1cccc(F)c1CNS(=O)(=O)c1ccc(Cl)c([N+](=O)[O-])c1. The fourth-order valence-corrected chi connectivity index (χ4v) is 3.15. The predicted octanol–water partition coefficient (Wildman–Crippen LogP) is 2.87. The van der Waals surface area contributed by atoms with Crippen molar-refractivity contribution >= 4 is 27.3 Å². The summed E-state index contributed by atoms with van der Waals surface area (Å²) in [6, 6.07) is 7.14. The summed E-state index contributed by atoms with van der Waals surface area (Å²) in [5, 5.41) is 10.7. The van der Waals surface area contributed by atoms with E-state index in [1.165, 1.54) is 25.3 Å². The zero-order valence-electron chi connectivity index (χ0n) is 12.3. The van der Waals surface area contributed by atoms with E-state index in [-0.39, 0.29) is 27.8 Å². The number of methoxy groups -OCH3 is 1. The highest BCUT2D eigenvalue weighted by atomic mass is 35.5. The molecule has 0 saturated heterocycles. The van der Waals surface area contributed by atoms with Gasteiger partial charge in [0.1, 0.15) is 16.6 Å². The highest BCUT2D eigenvalue weighted by molar-refractivity contribution is 7.89. The third-order valence-corrected chi connectivity index (χ3v) is 4.88. The third kappa shape index (κ3) is 3.81. The molecule has 0 bridgehead atoms. The molecule has 0 fully saturated rings. The number of sulfonamides is 1. The van der Waals surface area contributed by atoms with Crippen molar-refractivity contribution in [3.8, 4) is 5.75 Å². The van der Waals surface area contributed by atoms with E-state index in [1.807, 2.05) is 0 Å². The Morgan fingerprint density at radius 2 is 2.04 bits per heavy atom. The first-order chi connectivity index (χ1) is 11.3. The van der Waals surface area contributed by atoms with Gasteiger partial charge in [-0.25, -0.2) is 17.5 Å². The predicted molar refractivity (Wildman–Crippen MR) is 85.1 cm³/mol. The highest BCUT2D eigenvalue weighted by Gasteiger charge is 2.21. The first kappa shape index (κ1) is 18.1. The minimum Gasteiger partial charge on any atom is -0.496 e. The second kappa shape index (κ2) is 7.12. The van der Waals surface area contributed by atoms with Crippen molar-refractivity contribution in [3.63, 3.8) is 0 Å². The van der Waals surface area contributed by atoms with Crippen LogP contribution >= 0.6 is 11.6 Å². The third-order valence-electron chi connectivity index (χ3n) is 3.16. The van der Waals surface area contributed by atoms with Crippen LogP contribution in [0.5, 0.6) is 5.75 Å². The maximum Gasteiger partial charge on any atom is 0.289 e. The monoisotopic (exact) mass is 374 g/mol. The zero-order chi connectivity index (χ0) is 17.9. The number of rotatable bonds is 6. The lowest BCUT2D eigenvalue weighted by molar-refractivity contribution is -0.384. The van der Waals surface area contributed by atoms with E-state index >= 15 is 0 Å². The lowest BCUT2D eigenvalue weighted by Gasteiger charge is -2.11. The molecule has 0 amide bonds. The fourth-order valence-electron chi connectivity index (χ4n) is 1.95. The summed E-state index contributed by atoms with van der Waals surface area (Å²) in [7, 11) is -2.78. The van der Waals surface area contributed by atoms with Crippen LogP contribution in [-0.4, -0.2) is 20.5 Å². The quantitative estimate of drug-likeness (QED) is 0.619. The van der Waals surface area contributed by atoms with Crippen LogP contribution in [0.25, 0.3) is 0 Å². The maximum atomic E-state index is 13.8. The number of benzene rings is 2. The Morgan fingerprint density at radius 3 is 2.67 bits per heavy atom. The first-order valence-electron chi connectivity index (χ1n) is 6.51. The van der Waals surface area contributed by atoms with Crippen LogP contribution in [0.15, 0.2) is 41.3 Å². The molecule has 10 heteroatoms. The number of hydrogen-bond acceptors (Lipinski definition) is 5. The number of halogens is 2. The van der Waals surface area contributed by atoms with Gasteiger partial charge < -0.3 is 4.74 Å². The molecule has 0 heterocycles. The van der Waals surface area contributed by atoms with Crippen molar-refractivity contribution in [1.29, 1.82) is 0 Å². The summed E-state index contributed by atoms with van der Waals surface area (Å²) in [5.41, 5.74) is -0.518. The molecule has 2 rings (SSSR count). The van der Waals surface area contributed by atoms with E-state index in [0.717, 1.165) is 18.2 Å². The molecule has 0 saturated carbocycles. The van der Waals surface area contributed by atoms with Crippen LogP contribution in [0.1, 0.15) is 5.56 Å². The van der Waals surface area contributed by atoms with Gasteiger partial charge in [0.2, 0.25) is 10.0 Å². The largest absolute Gasteiger partial charge is 0.496 e. The number of ether oxygens (including phenoxy) is 1. The Labute approximate surface area is 142 Å². The average Bonchev–Trinajstić information content (AvgIpc) is 2.53. The molecule has 0 aliphatic rings. The van der Waals surface area contributed by atoms with E-state index < -0.39 is 26.5 Å². The van der Waals surface area contributed by atoms with Gasteiger partial charge in [-0.15, -0.1) is 0 Å². The Kier molecular flexibility index (Phi) is 5.37. The van der Waals surface area contributed by atoms with Gasteiger partial charge in [-0.3, -0.25) is 10.1 Å². The molecule has 0 spiro atoms. The molecular formula is C14H12ClFN2O5S. The number of hydrogen-bond donors (Lipinski definition) is 1. The zero-order valence-corrected chi connectivity index (χ0v) is 13.9. The summed E-state index contributed by atoms with van der Waals surface area (Å²) in [4.78, 5) is 9.70. The Hall–Kier alpha value is -2.23. The topological polar surface area (TPSA) is 98.5 Å². The summed E-state index contributed by atoms with van der Waals surface area (Å²) in [6.07, 6.45) is 0. The summed E-state index contributed by atoms with van der Waals surface area (Å²) in [6.45, 7) is -0.380.